The molecular formula is C19H17F3N4. The Hall–Kier alpha value is -2.80. The third kappa shape index (κ3) is 3.17. The number of nitrogens with zero attached hydrogens (tertiary/aromatic N) is 2. The van der Waals surface area contributed by atoms with Gasteiger partial charge in [-0.3, -0.25) is 0 Å². The largest absolute Gasteiger partial charge is 0.416 e. The topological polar surface area (TPSA) is 41.9 Å². The summed E-state index contributed by atoms with van der Waals surface area (Å²) in [6.45, 7) is 1.58. The monoisotopic (exact) mass is 358 g/mol. The van der Waals surface area contributed by atoms with Gasteiger partial charge in [0, 0.05) is 43.3 Å². The van der Waals surface area contributed by atoms with E-state index >= 15 is 0 Å². The number of alkyl halides is 3. The molecule has 0 unspecified atom stereocenters. The van der Waals surface area contributed by atoms with Crippen LogP contribution in [0.25, 0.3) is 11.3 Å². The Kier molecular flexibility index (Phi) is 3.96. The zero-order chi connectivity index (χ0) is 18.3. The van der Waals surface area contributed by atoms with E-state index in [1.54, 1.807) is 6.33 Å². The van der Waals surface area contributed by atoms with Crippen molar-refractivity contribution < 1.29 is 13.2 Å². The second-order valence-corrected chi connectivity index (χ2v) is 6.39. The fourth-order valence-electron chi connectivity index (χ4n) is 3.12. The molecule has 0 fully saturated rings. The second-order valence-electron chi connectivity index (χ2n) is 6.39. The SMILES string of the molecule is Cn1cnc(-c2cc3c(cc2Nc2ccc(C(F)(F)F)cc2)CNC3)c1. The number of aryl methyl sites for hydroxylation is 1. The molecule has 1 aliphatic heterocycles. The van der Waals surface area contributed by atoms with E-state index in [4.69, 9.17) is 0 Å². The van der Waals surface area contributed by atoms with E-state index in [-0.39, 0.29) is 0 Å². The molecular weight excluding hydrogens is 341 g/mol. The second kappa shape index (κ2) is 6.17. The molecule has 0 bridgehead atoms. The van der Waals surface area contributed by atoms with E-state index in [9.17, 15) is 13.2 Å². The average molecular weight is 358 g/mol. The maximum Gasteiger partial charge on any atom is 0.416 e. The smallest absolute Gasteiger partial charge is 0.355 e. The number of halogens is 3. The van der Waals surface area contributed by atoms with E-state index in [0.717, 1.165) is 42.2 Å². The molecule has 26 heavy (non-hydrogen) atoms. The molecule has 0 atom stereocenters. The number of fused-ring (bicyclic) bond motifs is 1. The van der Waals surface area contributed by atoms with Crippen molar-refractivity contribution in [1.82, 2.24) is 14.9 Å². The van der Waals surface area contributed by atoms with Crippen LogP contribution in [0.4, 0.5) is 24.5 Å². The molecule has 2 N–H and O–H groups in total. The lowest BCUT2D eigenvalue weighted by atomic mass is 10.0. The van der Waals surface area contributed by atoms with Gasteiger partial charge in [-0.1, -0.05) is 0 Å². The van der Waals surface area contributed by atoms with Crippen LogP contribution >= 0.6 is 0 Å². The fraction of sp³-hybridized carbons (Fsp3) is 0.211. The van der Waals surface area contributed by atoms with Crippen LogP contribution in [0.5, 0.6) is 0 Å². The first-order chi connectivity index (χ1) is 12.4. The lowest BCUT2D eigenvalue weighted by Crippen LogP contribution is -2.04. The number of rotatable bonds is 3. The number of hydrogen-bond donors (Lipinski definition) is 2. The lowest BCUT2D eigenvalue weighted by Gasteiger charge is -2.14. The summed E-state index contributed by atoms with van der Waals surface area (Å²) in [4.78, 5) is 4.41. The number of imidazole rings is 1. The molecule has 0 amide bonds. The van der Waals surface area contributed by atoms with Gasteiger partial charge in [0.2, 0.25) is 0 Å². The zero-order valence-electron chi connectivity index (χ0n) is 14.1. The van der Waals surface area contributed by atoms with E-state index in [1.165, 1.54) is 23.3 Å². The number of nitrogens with one attached hydrogen (secondary N) is 2. The summed E-state index contributed by atoms with van der Waals surface area (Å²) in [6, 6.07) is 9.17. The van der Waals surface area contributed by atoms with Crippen molar-refractivity contribution in [2.45, 2.75) is 19.3 Å². The Balaban J connectivity index is 1.71. The van der Waals surface area contributed by atoms with Gasteiger partial charge >= 0.3 is 6.18 Å². The van der Waals surface area contributed by atoms with Gasteiger partial charge in [0.1, 0.15) is 0 Å². The number of aromatic nitrogens is 2. The molecule has 2 heterocycles. The molecule has 1 aliphatic rings. The summed E-state index contributed by atoms with van der Waals surface area (Å²) in [5.41, 5.74) is 4.89. The van der Waals surface area contributed by atoms with Crippen molar-refractivity contribution >= 4 is 11.4 Å². The highest BCUT2D eigenvalue weighted by Crippen LogP contribution is 2.35. The predicted molar refractivity (Wildman–Crippen MR) is 93.9 cm³/mol. The molecule has 1 aromatic heterocycles. The first-order valence-electron chi connectivity index (χ1n) is 8.19. The average Bonchev–Trinajstić information content (AvgIpc) is 3.22. The minimum Gasteiger partial charge on any atom is -0.355 e. The Morgan fingerprint density at radius 1 is 1.08 bits per heavy atom. The van der Waals surface area contributed by atoms with Crippen LogP contribution < -0.4 is 10.6 Å². The van der Waals surface area contributed by atoms with Crippen LogP contribution in [-0.4, -0.2) is 9.55 Å². The minimum atomic E-state index is -4.34. The lowest BCUT2D eigenvalue weighted by molar-refractivity contribution is -0.137. The first-order valence-corrected chi connectivity index (χ1v) is 8.19. The minimum absolute atomic E-state index is 0.598. The Labute approximate surface area is 148 Å². The van der Waals surface area contributed by atoms with Crippen LogP contribution in [0, 0.1) is 0 Å². The Bertz CT molecular complexity index is 942. The molecule has 2 aromatic carbocycles. The zero-order valence-corrected chi connectivity index (χ0v) is 14.1. The van der Waals surface area contributed by atoms with Crippen molar-refractivity contribution in [3.05, 3.63) is 65.6 Å². The number of hydrogen-bond acceptors (Lipinski definition) is 3. The third-order valence-corrected chi connectivity index (χ3v) is 4.44. The van der Waals surface area contributed by atoms with Crippen LogP contribution in [0.2, 0.25) is 0 Å². The normalized spacial score (nSPS) is 13.7. The highest BCUT2D eigenvalue weighted by Gasteiger charge is 2.30. The maximum atomic E-state index is 12.7. The van der Waals surface area contributed by atoms with Crippen molar-refractivity contribution in [1.29, 1.82) is 0 Å². The Morgan fingerprint density at radius 3 is 2.38 bits per heavy atom. The predicted octanol–water partition coefficient (Wildman–Crippen LogP) is 4.45. The molecule has 0 spiro atoms. The first kappa shape index (κ1) is 16.7. The van der Waals surface area contributed by atoms with Gasteiger partial charge in [-0.15, -0.1) is 0 Å². The molecule has 0 saturated carbocycles. The fourth-order valence-corrected chi connectivity index (χ4v) is 3.12. The summed E-state index contributed by atoms with van der Waals surface area (Å²) in [6.07, 6.45) is -0.693. The van der Waals surface area contributed by atoms with Crippen molar-refractivity contribution in [3.63, 3.8) is 0 Å². The molecule has 0 aliphatic carbocycles. The van der Waals surface area contributed by atoms with E-state index in [1.807, 2.05) is 23.9 Å². The molecule has 4 rings (SSSR count). The highest BCUT2D eigenvalue weighted by atomic mass is 19.4. The van der Waals surface area contributed by atoms with E-state index in [0.29, 0.717) is 5.69 Å². The van der Waals surface area contributed by atoms with Gasteiger partial charge in [-0.2, -0.15) is 13.2 Å². The van der Waals surface area contributed by atoms with Gasteiger partial charge in [0.15, 0.2) is 0 Å². The molecule has 0 saturated heterocycles. The summed E-state index contributed by atoms with van der Waals surface area (Å²) in [5.74, 6) is 0. The van der Waals surface area contributed by atoms with E-state index < -0.39 is 11.7 Å². The van der Waals surface area contributed by atoms with Gasteiger partial charge in [0.05, 0.1) is 17.6 Å². The van der Waals surface area contributed by atoms with Gasteiger partial charge in [0.25, 0.3) is 0 Å². The van der Waals surface area contributed by atoms with Gasteiger partial charge in [-0.05, 0) is 47.5 Å². The standard InChI is InChI=1S/C19H17F3N4/c1-26-10-18(24-11-26)16-6-12-8-23-9-13(12)7-17(16)25-15-4-2-14(3-5-15)19(20,21)22/h2-7,10-11,23,25H,8-9H2,1H3. The van der Waals surface area contributed by atoms with Crippen molar-refractivity contribution in [2.24, 2.45) is 7.05 Å². The van der Waals surface area contributed by atoms with Gasteiger partial charge < -0.3 is 15.2 Å². The third-order valence-electron chi connectivity index (χ3n) is 4.44. The van der Waals surface area contributed by atoms with Crippen LogP contribution in [-0.2, 0) is 26.3 Å². The number of benzene rings is 2. The van der Waals surface area contributed by atoms with Crippen LogP contribution in [0.15, 0.2) is 48.9 Å². The van der Waals surface area contributed by atoms with E-state index in [2.05, 4.69) is 21.7 Å². The summed E-state index contributed by atoms with van der Waals surface area (Å²) < 4.78 is 40.1. The van der Waals surface area contributed by atoms with Gasteiger partial charge in [-0.25, -0.2) is 4.98 Å². The summed E-state index contributed by atoms with van der Waals surface area (Å²) in [7, 11) is 1.90. The molecule has 4 nitrogen and oxygen atoms in total. The number of anilines is 2. The van der Waals surface area contributed by atoms with Crippen molar-refractivity contribution in [3.8, 4) is 11.3 Å². The molecule has 3 aromatic rings. The highest BCUT2D eigenvalue weighted by molar-refractivity contribution is 5.80. The summed E-state index contributed by atoms with van der Waals surface area (Å²) in [5, 5.41) is 6.55. The maximum absolute atomic E-state index is 12.7. The summed E-state index contributed by atoms with van der Waals surface area (Å²) >= 11 is 0. The Morgan fingerprint density at radius 2 is 1.77 bits per heavy atom. The van der Waals surface area contributed by atoms with Crippen LogP contribution in [0.1, 0.15) is 16.7 Å². The quantitative estimate of drug-likeness (QED) is 0.727. The van der Waals surface area contributed by atoms with Crippen LogP contribution in [0.3, 0.4) is 0 Å². The molecule has 0 radical (unpaired) electrons. The molecule has 7 heteroatoms. The molecule has 134 valence electrons. The van der Waals surface area contributed by atoms with Crippen molar-refractivity contribution in [2.75, 3.05) is 5.32 Å².